The first-order chi connectivity index (χ1) is 18.8. The first-order valence-corrected chi connectivity index (χ1v) is 11.6. The number of nitro benzene ring substituents is 1. The van der Waals surface area contributed by atoms with Gasteiger partial charge in [0.05, 0.1) is 23.8 Å². The van der Waals surface area contributed by atoms with Gasteiger partial charge in [-0.1, -0.05) is 18.2 Å². The van der Waals surface area contributed by atoms with Gasteiger partial charge in [0, 0.05) is 23.1 Å². The quantitative estimate of drug-likeness (QED) is 0.117. The Kier molecular flexibility index (Phi) is 8.00. The van der Waals surface area contributed by atoms with E-state index in [0.29, 0.717) is 34.5 Å². The number of aromatic carboxylic acids is 1. The topological polar surface area (TPSA) is 154 Å². The van der Waals surface area contributed by atoms with E-state index in [-0.39, 0.29) is 23.6 Å². The number of non-ortho nitro benzene ring substituents is 1. The number of carbonyl (C=O) groups excluding carboxylic acids is 1. The van der Waals surface area contributed by atoms with Gasteiger partial charge in [0.1, 0.15) is 12.2 Å². The van der Waals surface area contributed by atoms with Crippen molar-refractivity contribution < 1.29 is 33.5 Å². The zero-order valence-electron chi connectivity index (χ0n) is 20.7. The SMILES string of the molecule is C=CCc1cc(/C=N/NC(=O)c2cc3cc([N+](=O)[O-])ccc3o2)cc(OC)c1OCc1ccc(C(=O)O)cc1. The average molecular weight is 530 g/mol. The van der Waals surface area contributed by atoms with Crippen LogP contribution in [0, 0.1) is 10.1 Å². The molecule has 0 fully saturated rings. The number of carboxylic acids is 1. The number of hydrazone groups is 1. The lowest BCUT2D eigenvalue weighted by atomic mass is 10.1. The highest BCUT2D eigenvalue weighted by atomic mass is 16.6. The zero-order chi connectivity index (χ0) is 27.9. The van der Waals surface area contributed by atoms with Crippen LogP contribution in [-0.2, 0) is 13.0 Å². The van der Waals surface area contributed by atoms with Crippen LogP contribution in [0.2, 0.25) is 0 Å². The standard InChI is InChI=1S/C28H23N3O8/c1-3-4-20-11-18(12-24(37-2)26(20)38-16-17-5-7-19(8-6-17)28(33)34)15-29-30-27(32)25-14-21-13-22(31(35)36)9-10-23(21)39-25/h3,5-15H,1,4,16H2,2H3,(H,30,32)(H,33,34)/b29-15+. The Labute approximate surface area is 222 Å². The predicted octanol–water partition coefficient (Wildman–Crippen LogP) is 5.12. The molecule has 2 N–H and O–H groups in total. The summed E-state index contributed by atoms with van der Waals surface area (Å²) in [5.41, 5.74) is 4.94. The summed E-state index contributed by atoms with van der Waals surface area (Å²) < 4.78 is 17.0. The number of nitro groups is 1. The fourth-order valence-corrected chi connectivity index (χ4v) is 3.76. The molecule has 0 bridgehead atoms. The van der Waals surface area contributed by atoms with Crippen LogP contribution in [0.3, 0.4) is 0 Å². The van der Waals surface area contributed by atoms with Gasteiger partial charge in [-0.3, -0.25) is 14.9 Å². The molecule has 1 amide bonds. The molecule has 0 radical (unpaired) electrons. The first kappa shape index (κ1) is 26.6. The molecule has 0 saturated heterocycles. The van der Waals surface area contributed by atoms with Crippen LogP contribution in [0.1, 0.15) is 37.6 Å². The Morgan fingerprint density at radius 3 is 2.59 bits per heavy atom. The van der Waals surface area contributed by atoms with Crippen LogP contribution >= 0.6 is 0 Å². The molecule has 39 heavy (non-hydrogen) atoms. The molecule has 11 nitrogen and oxygen atoms in total. The summed E-state index contributed by atoms with van der Waals surface area (Å²) in [6.07, 6.45) is 3.59. The van der Waals surface area contributed by atoms with Crippen molar-refractivity contribution in [3.8, 4) is 11.5 Å². The van der Waals surface area contributed by atoms with Crippen molar-refractivity contribution in [3.05, 3.63) is 111 Å². The van der Waals surface area contributed by atoms with Gasteiger partial charge in [0.2, 0.25) is 0 Å². The number of carbonyl (C=O) groups is 2. The smallest absolute Gasteiger partial charge is 0.335 e. The average Bonchev–Trinajstić information content (AvgIpc) is 3.36. The summed E-state index contributed by atoms with van der Waals surface area (Å²) in [4.78, 5) is 34.0. The molecule has 0 spiro atoms. The van der Waals surface area contributed by atoms with Gasteiger partial charge in [0.25, 0.3) is 5.69 Å². The number of nitrogens with one attached hydrogen (secondary N) is 1. The maximum Gasteiger partial charge on any atom is 0.335 e. The zero-order valence-corrected chi connectivity index (χ0v) is 20.7. The fourth-order valence-electron chi connectivity index (χ4n) is 3.76. The number of methoxy groups -OCH3 is 1. The highest BCUT2D eigenvalue weighted by Gasteiger charge is 2.16. The summed E-state index contributed by atoms with van der Waals surface area (Å²) in [6.45, 7) is 3.97. The maximum atomic E-state index is 12.5. The number of allylic oxidation sites excluding steroid dienone is 1. The molecule has 1 aromatic heterocycles. The van der Waals surface area contributed by atoms with Crippen molar-refractivity contribution in [3.63, 3.8) is 0 Å². The van der Waals surface area contributed by atoms with Crippen molar-refractivity contribution in [1.82, 2.24) is 5.43 Å². The number of rotatable bonds is 11. The molecule has 3 aromatic carbocycles. The number of amides is 1. The molecule has 0 aliphatic rings. The van der Waals surface area contributed by atoms with Crippen LogP contribution in [0.15, 0.2) is 82.8 Å². The second-order valence-corrected chi connectivity index (χ2v) is 8.28. The summed E-state index contributed by atoms with van der Waals surface area (Å²) in [5.74, 6) is -0.750. The summed E-state index contributed by atoms with van der Waals surface area (Å²) in [7, 11) is 1.50. The van der Waals surface area contributed by atoms with E-state index in [1.165, 1.54) is 49.7 Å². The van der Waals surface area contributed by atoms with E-state index in [4.69, 9.17) is 19.0 Å². The number of hydrogen-bond donors (Lipinski definition) is 2. The summed E-state index contributed by atoms with van der Waals surface area (Å²) in [6, 6.07) is 15.3. The van der Waals surface area contributed by atoms with Crippen molar-refractivity contribution in [2.24, 2.45) is 5.10 Å². The third-order valence-corrected chi connectivity index (χ3v) is 5.64. The molecule has 4 rings (SSSR count). The summed E-state index contributed by atoms with van der Waals surface area (Å²) >= 11 is 0. The number of furan rings is 1. The largest absolute Gasteiger partial charge is 0.493 e. The third kappa shape index (κ3) is 6.28. The van der Waals surface area contributed by atoms with Gasteiger partial charge in [-0.2, -0.15) is 5.10 Å². The monoisotopic (exact) mass is 529 g/mol. The molecule has 0 saturated carbocycles. The number of nitrogens with zero attached hydrogens (tertiary/aromatic N) is 2. The number of fused-ring (bicyclic) bond motifs is 1. The minimum atomic E-state index is -1.00. The molecule has 1 heterocycles. The second kappa shape index (κ2) is 11.7. The molecule has 0 aliphatic carbocycles. The molecule has 4 aromatic rings. The highest BCUT2D eigenvalue weighted by Crippen LogP contribution is 2.34. The Morgan fingerprint density at radius 2 is 1.92 bits per heavy atom. The van der Waals surface area contributed by atoms with Crippen molar-refractivity contribution >= 4 is 34.7 Å². The van der Waals surface area contributed by atoms with E-state index < -0.39 is 16.8 Å². The van der Waals surface area contributed by atoms with Crippen LogP contribution in [0.4, 0.5) is 5.69 Å². The molecule has 0 atom stereocenters. The molecule has 0 unspecified atom stereocenters. The fraction of sp³-hybridized carbons (Fsp3) is 0.107. The Morgan fingerprint density at radius 1 is 1.15 bits per heavy atom. The molecule has 0 aliphatic heterocycles. The van der Waals surface area contributed by atoms with Gasteiger partial charge in [-0.15, -0.1) is 6.58 Å². The van der Waals surface area contributed by atoms with Crippen LogP contribution < -0.4 is 14.9 Å². The molecular weight excluding hydrogens is 506 g/mol. The van der Waals surface area contributed by atoms with Gasteiger partial charge in [0.15, 0.2) is 17.3 Å². The second-order valence-electron chi connectivity index (χ2n) is 8.28. The van der Waals surface area contributed by atoms with Crippen LogP contribution in [-0.4, -0.2) is 35.2 Å². The molecule has 11 heteroatoms. The molecular formula is C28H23N3O8. The minimum absolute atomic E-state index is 0.0484. The summed E-state index contributed by atoms with van der Waals surface area (Å²) in [5, 5.41) is 24.4. The lowest BCUT2D eigenvalue weighted by Gasteiger charge is -2.16. The lowest BCUT2D eigenvalue weighted by Crippen LogP contribution is -2.16. The number of carboxylic acid groups (broad SMARTS) is 1. The van der Waals surface area contributed by atoms with Gasteiger partial charge in [-0.05, 0) is 53.9 Å². The Bertz CT molecular complexity index is 1590. The number of benzene rings is 3. The predicted molar refractivity (Wildman–Crippen MR) is 143 cm³/mol. The third-order valence-electron chi connectivity index (χ3n) is 5.64. The van der Waals surface area contributed by atoms with E-state index in [2.05, 4.69) is 17.1 Å². The van der Waals surface area contributed by atoms with E-state index in [1.54, 1.807) is 24.3 Å². The van der Waals surface area contributed by atoms with Gasteiger partial charge < -0.3 is 19.0 Å². The lowest BCUT2D eigenvalue weighted by molar-refractivity contribution is -0.384. The van der Waals surface area contributed by atoms with E-state index in [1.807, 2.05) is 6.07 Å². The molecule has 198 valence electrons. The van der Waals surface area contributed by atoms with Gasteiger partial charge in [-0.25, -0.2) is 10.2 Å². The van der Waals surface area contributed by atoms with Crippen LogP contribution in [0.5, 0.6) is 11.5 Å². The van der Waals surface area contributed by atoms with Crippen molar-refractivity contribution in [2.45, 2.75) is 13.0 Å². The Balaban J connectivity index is 1.48. The first-order valence-electron chi connectivity index (χ1n) is 11.6. The Hall–Kier alpha value is -5.45. The van der Waals surface area contributed by atoms with Crippen molar-refractivity contribution in [2.75, 3.05) is 7.11 Å². The van der Waals surface area contributed by atoms with Crippen LogP contribution in [0.25, 0.3) is 11.0 Å². The number of hydrogen-bond acceptors (Lipinski definition) is 8. The van der Waals surface area contributed by atoms with E-state index in [0.717, 1.165) is 11.1 Å². The van der Waals surface area contributed by atoms with Gasteiger partial charge >= 0.3 is 11.9 Å². The minimum Gasteiger partial charge on any atom is -0.493 e. The number of ether oxygens (including phenoxy) is 2. The maximum absolute atomic E-state index is 12.5. The normalized spacial score (nSPS) is 10.9. The van der Waals surface area contributed by atoms with E-state index in [9.17, 15) is 19.7 Å². The van der Waals surface area contributed by atoms with E-state index >= 15 is 0 Å². The van der Waals surface area contributed by atoms with Crippen molar-refractivity contribution in [1.29, 1.82) is 0 Å². The highest BCUT2D eigenvalue weighted by molar-refractivity contribution is 5.97.